The molecule has 0 atom stereocenters. The van der Waals surface area contributed by atoms with Gasteiger partial charge in [-0.05, 0) is 81.5 Å². The second-order valence-corrected chi connectivity index (χ2v) is 14.7. The van der Waals surface area contributed by atoms with Gasteiger partial charge >= 0.3 is 18.0 Å². The number of carbonyl (C=O) groups is 4. The highest BCUT2D eigenvalue weighted by Gasteiger charge is 2.28. The van der Waals surface area contributed by atoms with E-state index in [1.165, 1.54) is 25.3 Å². The van der Waals surface area contributed by atoms with E-state index in [2.05, 4.69) is 14.5 Å². The number of anilines is 2. The molecule has 14 heteroatoms. The average Bonchev–Trinajstić information content (AvgIpc) is 3.22. The number of nitrogens with two attached hydrogens (primary N) is 1. The number of halogens is 2. The Labute approximate surface area is 339 Å². The fourth-order valence-corrected chi connectivity index (χ4v) is 6.70. The smallest absolute Gasteiger partial charge is 0.337 e. The lowest BCUT2D eigenvalue weighted by Gasteiger charge is -2.36. The average molecular weight is 798 g/mol. The molecule has 2 aliphatic heterocycles. The highest BCUT2D eigenvalue weighted by atomic mass is 19.1. The fourth-order valence-electron chi connectivity index (χ4n) is 6.70. The molecule has 4 amide bonds. The number of aryl methyl sites for hydroxylation is 2. The molecule has 0 radical (unpaired) electrons. The van der Waals surface area contributed by atoms with Gasteiger partial charge in [0.25, 0.3) is 0 Å². The number of esters is 1. The largest absolute Gasteiger partial charge is 0.465 e. The third-order valence-corrected chi connectivity index (χ3v) is 10.3. The van der Waals surface area contributed by atoms with Gasteiger partial charge in [0, 0.05) is 80.4 Å². The molecule has 4 aromatic rings. The molecule has 0 aliphatic carbocycles. The summed E-state index contributed by atoms with van der Waals surface area (Å²) in [7, 11) is 5.31. The summed E-state index contributed by atoms with van der Waals surface area (Å²) in [5, 5.41) is 0. The van der Waals surface area contributed by atoms with Crippen molar-refractivity contribution in [3.63, 3.8) is 0 Å². The molecule has 2 heterocycles. The molecule has 6 rings (SSSR count). The summed E-state index contributed by atoms with van der Waals surface area (Å²) < 4.78 is 34.0. The molecule has 12 nitrogen and oxygen atoms in total. The molecule has 0 aromatic heterocycles. The fraction of sp³-hybridized carbons (Fsp3) is 0.364. The SMILES string of the molecule is COC(=O)c1ccc(CN(C(=O)N2CCN(C)CC2)c2cccc(C)c2)c(F)c1.Cc1cccc(N(Cc2ccc(C(=O)CN)cc2F)C(=O)N2CCN(C)CC2)c1. The van der Waals surface area contributed by atoms with Crippen LogP contribution in [0.4, 0.5) is 29.7 Å². The van der Waals surface area contributed by atoms with E-state index >= 15 is 0 Å². The van der Waals surface area contributed by atoms with Crippen LogP contribution < -0.4 is 15.5 Å². The number of ketones is 1. The number of likely N-dealkylation sites (N-methyl/N-ethyl adjacent to an activating group) is 2. The minimum atomic E-state index is -0.598. The zero-order valence-electron chi connectivity index (χ0n) is 33.9. The van der Waals surface area contributed by atoms with Gasteiger partial charge in [-0.15, -0.1) is 0 Å². The van der Waals surface area contributed by atoms with Gasteiger partial charge in [-0.2, -0.15) is 0 Å². The van der Waals surface area contributed by atoms with Crippen molar-refractivity contribution in [2.45, 2.75) is 26.9 Å². The molecule has 4 aromatic carbocycles. The molecule has 0 unspecified atom stereocenters. The quantitative estimate of drug-likeness (QED) is 0.163. The van der Waals surface area contributed by atoms with Crippen molar-refractivity contribution in [2.75, 3.05) is 89.9 Å². The second kappa shape index (κ2) is 20.1. The van der Waals surface area contributed by atoms with Gasteiger partial charge in [0.05, 0.1) is 32.3 Å². The predicted octanol–water partition coefficient (Wildman–Crippen LogP) is 5.94. The normalized spacial score (nSPS) is 14.6. The number of carbonyl (C=O) groups excluding carboxylic acids is 4. The summed E-state index contributed by atoms with van der Waals surface area (Å²) in [4.78, 5) is 61.1. The van der Waals surface area contributed by atoms with Crippen LogP contribution in [-0.4, -0.2) is 124 Å². The maximum atomic E-state index is 14.7. The van der Waals surface area contributed by atoms with Gasteiger partial charge in [0.2, 0.25) is 0 Å². The Balaban J connectivity index is 0.000000221. The Kier molecular flexibility index (Phi) is 15.1. The van der Waals surface area contributed by atoms with E-state index in [-0.39, 0.29) is 48.6 Å². The summed E-state index contributed by atoms with van der Waals surface area (Å²) >= 11 is 0. The lowest BCUT2D eigenvalue weighted by molar-refractivity contribution is 0.0600. The number of nitrogens with zero attached hydrogens (tertiary/aromatic N) is 6. The number of methoxy groups -OCH3 is 1. The molecule has 2 fully saturated rings. The molecular formula is C44H53F2N7O5. The maximum Gasteiger partial charge on any atom is 0.337 e. The lowest BCUT2D eigenvalue weighted by Crippen LogP contribution is -2.52. The number of piperazine rings is 2. The van der Waals surface area contributed by atoms with E-state index in [1.807, 2.05) is 76.5 Å². The highest BCUT2D eigenvalue weighted by Crippen LogP contribution is 2.25. The van der Waals surface area contributed by atoms with Crippen molar-refractivity contribution >= 4 is 35.2 Å². The number of urea groups is 2. The van der Waals surface area contributed by atoms with E-state index in [0.717, 1.165) is 49.1 Å². The molecule has 2 saturated heterocycles. The number of benzene rings is 4. The summed E-state index contributed by atoms with van der Waals surface area (Å²) in [5.41, 5.74) is 9.89. The minimum absolute atomic E-state index is 0.0713. The second-order valence-electron chi connectivity index (χ2n) is 14.7. The van der Waals surface area contributed by atoms with Crippen LogP contribution in [0.2, 0.25) is 0 Å². The molecule has 0 bridgehead atoms. The van der Waals surface area contributed by atoms with E-state index in [4.69, 9.17) is 5.73 Å². The van der Waals surface area contributed by atoms with Crippen molar-refractivity contribution in [2.24, 2.45) is 5.73 Å². The number of Topliss-reactive ketones (excluding diaryl/α,β-unsaturated/α-hetero) is 1. The van der Waals surface area contributed by atoms with Crippen LogP contribution in [0.25, 0.3) is 0 Å². The molecule has 58 heavy (non-hydrogen) atoms. The Morgan fingerprint density at radius 1 is 0.621 bits per heavy atom. The summed E-state index contributed by atoms with van der Waals surface area (Å²) in [6.45, 7) is 9.61. The summed E-state index contributed by atoms with van der Waals surface area (Å²) in [5.74, 6) is -1.98. The molecule has 2 aliphatic rings. The van der Waals surface area contributed by atoms with Crippen LogP contribution in [0.3, 0.4) is 0 Å². The third kappa shape index (κ3) is 11.2. The van der Waals surface area contributed by atoms with Gasteiger partial charge in [-0.25, -0.2) is 23.2 Å². The molecule has 0 saturated carbocycles. The van der Waals surface area contributed by atoms with Crippen molar-refractivity contribution in [3.05, 3.63) is 130 Å². The summed E-state index contributed by atoms with van der Waals surface area (Å²) in [6, 6.07) is 23.4. The van der Waals surface area contributed by atoms with Crippen LogP contribution in [0.5, 0.6) is 0 Å². The summed E-state index contributed by atoms with van der Waals surface area (Å²) in [6.07, 6.45) is 0. The van der Waals surface area contributed by atoms with Gasteiger partial charge in [0.1, 0.15) is 11.6 Å². The first-order valence-electron chi connectivity index (χ1n) is 19.3. The molecular weight excluding hydrogens is 745 g/mol. The van der Waals surface area contributed by atoms with Crippen molar-refractivity contribution < 1.29 is 32.7 Å². The zero-order valence-corrected chi connectivity index (χ0v) is 33.9. The number of ether oxygens (including phenoxy) is 1. The Morgan fingerprint density at radius 2 is 1.03 bits per heavy atom. The van der Waals surface area contributed by atoms with Gasteiger partial charge in [0.15, 0.2) is 5.78 Å². The van der Waals surface area contributed by atoms with Crippen LogP contribution in [0.1, 0.15) is 43.0 Å². The highest BCUT2D eigenvalue weighted by molar-refractivity contribution is 5.97. The molecule has 308 valence electrons. The van der Waals surface area contributed by atoms with E-state index in [9.17, 15) is 28.0 Å². The van der Waals surface area contributed by atoms with E-state index in [1.54, 1.807) is 31.7 Å². The Hall–Kier alpha value is -5.70. The first-order chi connectivity index (χ1) is 27.8. The van der Waals surface area contributed by atoms with Crippen LogP contribution in [0, 0.1) is 25.5 Å². The lowest BCUT2D eigenvalue weighted by atomic mass is 10.1. The number of hydrogen-bond donors (Lipinski definition) is 1. The van der Waals surface area contributed by atoms with Crippen molar-refractivity contribution in [1.29, 1.82) is 0 Å². The molecule has 2 N–H and O–H groups in total. The first-order valence-corrected chi connectivity index (χ1v) is 19.3. The minimum Gasteiger partial charge on any atom is -0.465 e. The Bertz CT molecular complexity index is 1940. The standard InChI is InChI=1S/C22H27FN4O2.C22H26FN3O3/c1-16-4-3-5-19(12-16)27(22(29)26-10-8-25(2)9-11-26)15-18-7-6-17(13-20(18)23)21(28)14-24;1-16-5-4-6-19(13-16)26(22(28)25-11-9-24(2)10-12-25)15-18-8-7-17(14-20(18)23)21(27)29-3/h3-7,12-13H,8-11,14-15,24H2,1-2H3;4-8,13-14H,9-12,15H2,1-3H3. The maximum absolute atomic E-state index is 14.7. The number of hydrogen-bond acceptors (Lipinski definition) is 8. The van der Waals surface area contributed by atoms with Crippen LogP contribution >= 0.6 is 0 Å². The van der Waals surface area contributed by atoms with Gasteiger partial charge in [-0.1, -0.05) is 42.5 Å². The zero-order chi connectivity index (χ0) is 41.9. The van der Waals surface area contributed by atoms with Crippen molar-refractivity contribution in [3.8, 4) is 0 Å². The van der Waals surface area contributed by atoms with Gasteiger partial charge in [-0.3, -0.25) is 14.6 Å². The van der Waals surface area contributed by atoms with Crippen molar-refractivity contribution in [1.82, 2.24) is 19.6 Å². The molecule has 0 spiro atoms. The monoisotopic (exact) mass is 797 g/mol. The van der Waals surface area contributed by atoms with Crippen LogP contribution in [-0.2, 0) is 17.8 Å². The van der Waals surface area contributed by atoms with Crippen LogP contribution in [0.15, 0.2) is 84.9 Å². The predicted molar refractivity (Wildman–Crippen MR) is 221 cm³/mol. The topological polar surface area (TPSA) is 123 Å². The number of amides is 4. The van der Waals surface area contributed by atoms with E-state index in [0.29, 0.717) is 43.0 Å². The Morgan fingerprint density at radius 3 is 1.41 bits per heavy atom. The van der Waals surface area contributed by atoms with E-state index < -0.39 is 17.6 Å². The first kappa shape index (κ1) is 43.4. The third-order valence-electron chi connectivity index (χ3n) is 10.3. The van der Waals surface area contributed by atoms with Gasteiger partial charge < -0.3 is 30.1 Å². The number of rotatable bonds is 9.